The van der Waals surface area contributed by atoms with Gasteiger partial charge in [0.2, 0.25) is 0 Å². The van der Waals surface area contributed by atoms with Crippen LogP contribution in [0.3, 0.4) is 0 Å². The van der Waals surface area contributed by atoms with Crippen LogP contribution in [0.15, 0.2) is 23.1 Å². The third-order valence-electron chi connectivity index (χ3n) is 3.42. The Labute approximate surface area is 125 Å². The van der Waals surface area contributed by atoms with E-state index in [4.69, 9.17) is 0 Å². The summed E-state index contributed by atoms with van der Waals surface area (Å²) in [7, 11) is 0. The molecular weight excluding hydrogens is 294 g/mol. The van der Waals surface area contributed by atoms with Crippen LogP contribution < -0.4 is 0 Å². The summed E-state index contributed by atoms with van der Waals surface area (Å²) < 4.78 is 0. The van der Waals surface area contributed by atoms with Crippen LogP contribution >= 0.6 is 11.8 Å². The minimum Gasteiger partial charge on any atom is -0.298 e. The fraction of sp³-hybridized carbons (Fsp3) is 0.357. The predicted octanol–water partition coefficient (Wildman–Crippen LogP) is 2.44. The van der Waals surface area contributed by atoms with Crippen LogP contribution in [0.2, 0.25) is 0 Å². The molecule has 110 valence electrons. The van der Waals surface area contributed by atoms with Gasteiger partial charge in [0.15, 0.2) is 17.3 Å². The van der Waals surface area contributed by atoms with E-state index in [1.165, 1.54) is 23.9 Å². The van der Waals surface area contributed by atoms with Crippen molar-refractivity contribution in [3.63, 3.8) is 0 Å². The number of carbonyl (C=O) groups excluding carboxylic acids is 3. The Kier molecular flexibility index (Phi) is 4.52. The third kappa shape index (κ3) is 3.02. The molecule has 0 amide bonds. The van der Waals surface area contributed by atoms with E-state index >= 15 is 0 Å². The van der Waals surface area contributed by atoms with Gasteiger partial charge in [0, 0.05) is 23.8 Å². The van der Waals surface area contributed by atoms with Gasteiger partial charge >= 0.3 is 0 Å². The Morgan fingerprint density at radius 1 is 1.29 bits per heavy atom. The number of nitro benzene ring substituents is 1. The number of hydrogen-bond donors (Lipinski definition) is 0. The molecule has 1 saturated carbocycles. The van der Waals surface area contributed by atoms with Gasteiger partial charge in [-0.2, -0.15) is 0 Å². The first-order valence-corrected chi connectivity index (χ1v) is 7.60. The summed E-state index contributed by atoms with van der Waals surface area (Å²) in [5, 5.41) is 11.1. The van der Waals surface area contributed by atoms with Gasteiger partial charge in [-0.25, -0.2) is 0 Å². The number of ketones is 3. The number of carbonyl (C=O) groups is 3. The summed E-state index contributed by atoms with van der Waals surface area (Å²) >= 11 is 1.31. The molecule has 0 radical (unpaired) electrons. The van der Waals surface area contributed by atoms with Crippen molar-refractivity contribution in [1.82, 2.24) is 0 Å². The maximum absolute atomic E-state index is 12.4. The first-order chi connectivity index (χ1) is 9.95. The number of rotatable bonds is 4. The highest BCUT2D eigenvalue weighted by atomic mass is 32.2. The molecule has 0 heterocycles. The first kappa shape index (κ1) is 15.4. The van der Waals surface area contributed by atoms with E-state index in [-0.39, 0.29) is 24.1 Å². The Balaban J connectivity index is 2.45. The molecule has 0 spiro atoms. The summed E-state index contributed by atoms with van der Waals surface area (Å²) in [6.45, 7) is 0. The minimum atomic E-state index is -1.38. The number of hydrogen-bond acceptors (Lipinski definition) is 6. The van der Waals surface area contributed by atoms with Crippen LogP contribution in [0.1, 0.15) is 29.6 Å². The molecule has 0 atom stereocenters. The monoisotopic (exact) mass is 307 g/mol. The molecule has 1 aliphatic rings. The van der Waals surface area contributed by atoms with Gasteiger partial charge in [-0.15, -0.1) is 11.8 Å². The molecule has 6 nitrogen and oxygen atoms in total. The Morgan fingerprint density at radius 2 is 1.90 bits per heavy atom. The van der Waals surface area contributed by atoms with Gasteiger partial charge in [0.25, 0.3) is 5.69 Å². The Morgan fingerprint density at radius 3 is 2.43 bits per heavy atom. The van der Waals surface area contributed by atoms with Crippen LogP contribution in [0.25, 0.3) is 0 Å². The highest BCUT2D eigenvalue weighted by Crippen LogP contribution is 2.29. The highest BCUT2D eigenvalue weighted by Gasteiger charge is 2.38. The smallest absolute Gasteiger partial charge is 0.281 e. The van der Waals surface area contributed by atoms with E-state index in [9.17, 15) is 24.5 Å². The zero-order valence-electron chi connectivity index (χ0n) is 11.3. The summed E-state index contributed by atoms with van der Waals surface area (Å²) in [4.78, 5) is 47.1. The molecule has 7 heteroatoms. The Hall–Kier alpha value is -2.02. The standard InChI is InChI=1S/C14H13NO5S/c1-21-8-5-6-9(10(7-8)15(19)20)14(18)13-11(16)3-2-4-12(13)17/h5-7,13H,2-4H2,1H3. The second kappa shape index (κ2) is 6.17. The lowest BCUT2D eigenvalue weighted by Crippen LogP contribution is -2.35. The lowest BCUT2D eigenvalue weighted by atomic mass is 9.81. The maximum atomic E-state index is 12.4. The molecule has 1 aliphatic carbocycles. The molecule has 1 aromatic carbocycles. The van der Waals surface area contributed by atoms with Crippen LogP contribution in [0, 0.1) is 16.0 Å². The topological polar surface area (TPSA) is 94.3 Å². The molecule has 0 N–H and O–H groups in total. The van der Waals surface area contributed by atoms with Gasteiger partial charge < -0.3 is 0 Å². The SMILES string of the molecule is CSc1ccc(C(=O)C2C(=O)CCCC2=O)c([N+](=O)[O-])c1. The molecule has 21 heavy (non-hydrogen) atoms. The first-order valence-electron chi connectivity index (χ1n) is 6.37. The lowest BCUT2D eigenvalue weighted by Gasteiger charge is -2.18. The largest absolute Gasteiger partial charge is 0.298 e. The van der Waals surface area contributed by atoms with Crippen LogP contribution in [-0.2, 0) is 9.59 Å². The van der Waals surface area contributed by atoms with Crippen molar-refractivity contribution < 1.29 is 19.3 Å². The van der Waals surface area contributed by atoms with Crippen molar-refractivity contribution >= 4 is 34.8 Å². The van der Waals surface area contributed by atoms with Crippen molar-refractivity contribution in [3.05, 3.63) is 33.9 Å². The maximum Gasteiger partial charge on any atom is 0.281 e. The van der Waals surface area contributed by atoms with Gasteiger partial charge in [0.05, 0.1) is 10.5 Å². The average Bonchev–Trinajstić information content (AvgIpc) is 2.46. The average molecular weight is 307 g/mol. The summed E-state index contributed by atoms with van der Waals surface area (Å²) in [6.07, 6.45) is 2.53. The number of Topliss-reactive ketones (excluding diaryl/α,β-unsaturated/α-hetero) is 3. The van der Waals surface area contributed by atoms with E-state index in [0.717, 1.165) is 0 Å². The van der Waals surface area contributed by atoms with Gasteiger partial charge in [-0.1, -0.05) is 0 Å². The fourth-order valence-electron chi connectivity index (χ4n) is 2.35. The van der Waals surface area contributed by atoms with Gasteiger partial charge in [-0.3, -0.25) is 24.5 Å². The molecule has 1 fully saturated rings. The van der Waals surface area contributed by atoms with Crippen molar-refractivity contribution in [1.29, 1.82) is 0 Å². The van der Waals surface area contributed by atoms with E-state index in [2.05, 4.69) is 0 Å². The Bertz CT molecular complexity index is 624. The van der Waals surface area contributed by atoms with Crippen molar-refractivity contribution in [3.8, 4) is 0 Å². The number of nitro groups is 1. The number of thioether (sulfide) groups is 1. The molecule has 0 saturated heterocycles. The van der Waals surface area contributed by atoms with Gasteiger partial charge in [-0.05, 0) is 24.8 Å². The van der Waals surface area contributed by atoms with E-state index in [1.54, 1.807) is 12.3 Å². The molecule has 0 aromatic heterocycles. The molecular formula is C14H13NO5S. The molecule has 2 rings (SSSR count). The second-order valence-corrected chi connectivity index (χ2v) is 5.60. The van der Waals surface area contributed by atoms with Gasteiger partial charge in [0.1, 0.15) is 5.92 Å². The normalized spacial score (nSPS) is 16.0. The molecule has 0 bridgehead atoms. The summed E-state index contributed by atoms with van der Waals surface area (Å²) in [5.41, 5.74) is -0.538. The third-order valence-corrected chi connectivity index (χ3v) is 4.14. The molecule has 0 unspecified atom stereocenters. The zero-order valence-corrected chi connectivity index (χ0v) is 12.1. The van der Waals surface area contributed by atoms with Crippen LogP contribution in [-0.4, -0.2) is 28.5 Å². The number of benzene rings is 1. The van der Waals surface area contributed by atoms with Crippen molar-refractivity contribution in [2.45, 2.75) is 24.2 Å². The van der Waals surface area contributed by atoms with Crippen LogP contribution in [0.5, 0.6) is 0 Å². The quantitative estimate of drug-likeness (QED) is 0.279. The predicted molar refractivity (Wildman–Crippen MR) is 76.6 cm³/mol. The lowest BCUT2D eigenvalue weighted by molar-refractivity contribution is -0.385. The summed E-state index contributed by atoms with van der Waals surface area (Å²) in [5.74, 6) is -3.03. The zero-order chi connectivity index (χ0) is 15.6. The minimum absolute atomic E-state index is 0.166. The van der Waals surface area contributed by atoms with E-state index in [0.29, 0.717) is 11.3 Å². The molecule has 0 aliphatic heterocycles. The fourth-order valence-corrected chi connectivity index (χ4v) is 2.78. The van der Waals surface area contributed by atoms with E-state index < -0.39 is 28.2 Å². The molecule has 1 aromatic rings. The van der Waals surface area contributed by atoms with Crippen molar-refractivity contribution in [2.24, 2.45) is 5.92 Å². The van der Waals surface area contributed by atoms with Crippen LogP contribution in [0.4, 0.5) is 5.69 Å². The summed E-state index contributed by atoms with van der Waals surface area (Å²) in [6, 6.07) is 4.18. The van der Waals surface area contributed by atoms with Crippen molar-refractivity contribution in [2.75, 3.05) is 6.26 Å². The number of nitrogens with zero attached hydrogens (tertiary/aromatic N) is 1. The second-order valence-electron chi connectivity index (χ2n) is 4.72. The highest BCUT2D eigenvalue weighted by molar-refractivity contribution is 7.98. The van der Waals surface area contributed by atoms with E-state index in [1.807, 2.05) is 0 Å².